The highest BCUT2D eigenvalue weighted by atomic mass is 79.9. The summed E-state index contributed by atoms with van der Waals surface area (Å²) in [4.78, 5) is 0. The quantitative estimate of drug-likeness (QED) is 0.654. The molecule has 1 N–H and O–H groups in total. The van der Waals surface area contributed by atoms with Crippen molar-refractivity contribution in [2.45, 2.75) is 19.9 Å². The van der Waals surface area contributed by atoms with Gasteiger partial charge in [0, 0.05) is 16.1 Å². The number of H-pyrrole nitrogens is 1. The van der Waals surface area contributed by atoms with Crippen molar-refractivity contribution in [1.29, 1.82) is 0 Å². The Morgan fingerprint density at radius 2 is 1.85 bits per heavy atom. The molecule has 0 aliphatic carbocycles. The average Bonchev–Trinajstić information content (AvgIpc) is 2.80. The number of aromatic nitrogens is 3. The van der Waals surface area contributed by atoms with Crippen LogP contribution in [0, 0.1) is 4.77 Å². The maximum absolute atomic E-state index is 5.30. The Morgan fingerprint density at radius 1 is 1.15 bits per heavy atom. The van der Waals surface area contributed by atoms with E-state index in [0.29, 0.717) is 4.77 Å². The third-order valence-corrected chi connectivity index (χ3v) is 4.06. The molecule has 1 heterocycles. The zero-order valence-corrected chi connectivity index (χ0v) is 13.6. The maximum atomic E-state index is 5.30. The largest absolute Gasteiger partial charge is 0.298 e. The van der Waals surface area contributed by atoms with Gasteiger partial charge in [0.1, 0.15) is 0 Å². The van der Waals surface area contributed by atoms with Gasteiger partial charge in [-0.2, -0.15) is 5.10 Å². The summed E-state index contributed by atoms with van der Waals surface area (Å²) in [6.45, 7) is 4.21. The summed E-state index contributed by atoms with van der Waals surface area (Å²) in [5.41, 5.74) is 1.07. The van der Waals surface area contributed by atoms with Crippen molar-refractivity contribution in [3.8, 4) is 11.4 Å². The SMILES string of the molecule is CC(C)n1c(-c2ccc3cc(Br)ccc3c2)n[nH]c1=S. The topological polar surface area (TPSA) is 33.6 Å². The molecule has 0 radical (unpaired) electrons. The van der Waals surface area contributed by atoms with E-state index in [4.69, 9.17) is 12.2 Å². The van der Waals surface area contributed by atoms with Gasteiger partial charge in [0.2, 0.25) is 0 Å². The first kappa shape index (κ1) is 13.5. The van der Waals surface area contributed by atoms with Crippen LogP contribution in [0.5, 0.6) is 0 Å². The van der Waals surface area contributed by atoms with Crippen LogP contribution < -0.4 is 0 Å². The van der Waals surface area contributed by atoms with E-state index in [2.05, 4.69) is 70.3 Å². The Kier molecular flexibility index (Phi) is 3.48. The number of aromatic amines is 1. The Balaban J connectivity index is 2.20. The highest BCUT2D eigenvalue weighted by Crippen LogP contribution is 2.26. The first-order valence-corrected chi connectivity index (χ1v) is 7.63. The summed E-state index contributed by atoms with van der Waals surface area (Å²) in [5.74, 6) is 0.884. The number of benzene rings is 2. The molecule has 0 atom stereocenters. The number of halogens is 1. The van der Waals surface area contributed by atoms with E-state index in [0.717, 1.165) is 15.9 Å². The van der Waals surface area contributed by atoms with Crippen molar-refractivity contribution >= 4 is 38.9 Å². The number of nitrogens with one attached hydrogen (secondary N) is 1. The third kappa shape index (κ3) is 2.31. The van der Waals surface area contributed by atoms with E-state index < -0.39 is 0 Å². The molecule has 2 aromatic carbocycles. The summed E-state index contributed by atoms with van der Waals surface area (Å²) < 4.78 is 3.78. The lowest BCUT2D eigenvalue weighted by atomic mass is 10.1. The molecule has 3 aromatic rings. The number of nitrogens with zero attached hydrogens (tertiary/aromatic N) is 2. The van der Waals surface area contributed by atoms with Crippen LogP contribution in [0.3, 0.4) is 0 Å². The second kappa shape index (κ2) is 5.14. The zero-order chi connectivity index (χ0) is 14.3. The van der Waals surface area contributed by atoms with Crippen molar-refractivity contribution in [2.75, 3.05) is 0 Å². The predicted octanol–water partition coefficient (Wildman–Crippen LogP) is 5.10. The lowest BCUT2D eigenvalue weighted by Crippen LogP contribution is -2.03. The molecular formula is C15H14BrN3S. The van der Waals surface area contributed by atoms with Gasteiger partial charge in [0.25, 0.3) is 0 Å². The Labute approximate surface area is 130 Å². The van der Waals surface area contributed by atoms with Crippen LogP contribution in [0.1, 0.15) is 19.9 Å². The number of hydrogen-bond donors (Lipinski definition) is 1. The van der Waals surface area contributed by atoms with Crippen molar-refractivity contribution in [2.24, 2.45) is 0 Å². The normalized spacial score (nSPS) is 11.4. The van der Waals surface area contributed by atoms with Gasteiger partial charge >= 0.3 is 0 Å². The Hall–Kier alpha value is -1.46. The molecule has 0 aliphatic heterocycles. The summed E-state index contributed by atoms with van der Waals surface area (Å²) in [6.07, 6.45) is 0. The molecule has 102 valence electrons. The van der Waals surface area contributed by atoms with E-state index in [-0.39, 0.29) is 6.04 Å². The van der Waals surface area contributed by atoms with E-state index >= 15 is 0 Å². The molecule has 0 saturated carbocycles. The zero-order valence-electron chi connectivity index (χ0n) is 11.2. The van der Waals surface area contributed by atoms with Crippen LogP contribution in [0.4, 0.5) is 0 Å². The van der Waals surface area contributed by atoms with Gasteiger partial charge in [-0.1, -0.05) is 34.1 Å². The van der Waals surface area contributed by atoms with Gasteiger partial charge in [-0.25, -0.2) is 0 Å². The van der Waals surface area contributed by atoms with Crippen LogP contribution in [-0.4, -0.2) is 14.8 Å². The fraction of sp³-hybridized carbons (Fsp3) is 0.200. The van der Waals surface area contributed by atoms with Gasteiger partial charge in [-0.05, 0) is 55.0 Å². The van der Waals surface area contributed by atoms with Gasteiger partial charge in [0.05, 0.1) is 0 Å². The van der Waals surface area contributed by atoms with Crippen LogP contribution in [-0.2, 0) is 0 Å². The molecule has 0 spiro atoms. The van der Waals surface area contributed by atoms with Crippen molar-refractivity contribution in [1.82, 2.24) is 14.8 Å². The summed E-state index contributed by atoms with van der Waals surface area (Å²) in [5, 5.41) is 9.64. The van der Waals surface area contributed by atoms with Crippen molar-refractivity contribution in [3.63, 3.8) is 0 Å². The van der Waals surface area contributed by atoms with Gasteiger partial charge in [-0.3, -0.25) is 9.67 Å². The molecule has 0 unspecified atom stereocenters. The maximum Gasteiger partial charge on any atom is 0.195 e. The van der Waals surface area contributed by atoms with E-state index in [1.165, 1.54) is 10.8 Å². The standard InChI is InChI=1S/C15H14BrN3S/c1-9(2)19-14(17-18-15(19)20)12-4-3-11-8-13(16)6-5-10(11)7-12/h3-9H,1-2H3,(H,18,20). The molecule has 0 fully saturated rings. The van der Waals surface area contributed by atoms with Gasteiger partial charge in [-0.15, -0.1) is 0 Å². The highest BCUT2D eigenvalue weighted by molar-refractivity contribution is 9.10. The highest BCUT2D eigenvalue weighted by Gasteiger charge is 2.11. The molecule has 3 nitrogen and oxygen atoms in total. The van der Waals surface area contributed by atoms with Crippen LogP contribution in [0.15, 0.2) is 40.9 Å². The van der Waals surface area contributed by atoms with E-state index in [9.17, 15) is 0 Å². The number of rotatable bonds is 2. The third-order valence-electron chi connectivity index (χ3n) is 3.28. The number of fused-ring (bicyclic) bond motifs is 1. The minimum absolute atomic E-state index is 0.275. The molecule has 5 heteroatoms. The monoisotopic (exact) mass is 347 g/mol. The second-order valence-corrected chi connectivity index (χ2v) is 6.32. The smallest absolute Gasteiger partial charge is 0.195 e. The lowest BCUT2D eigenvalue weighted by Gasteiger charge is -2.11. The molecule has 0 bridgehead atoms. The summed E-state index contributed by atoms with van der Waals surface area (Å²) in [6, 6.07) is 12.9. The first-order valence-electron chi connectivity index (χ1n) is 6.43. The van der Waals surface area contributed by atoms with Crippen LogP contribution >= 0.6 is 28.1 Å². The molecular weight excluding hydrogens is 334 g/mol. The van der Waals surface area contributed by atoms with Crippen molar-refractivity contribution in [3.05, 3.63) is 45.6 Å². The summed E-state index contributed by atoms with van der Waals surface area (Å²) in [7, 11) is 0. The minimum Gasteiger partial charge on any atom is -0.298 e. The average molecular weight is 348 g/mol. The molecule has 0 saturated heterocycles. The van der Waals surface area contributed by atoms with Crippen molar-refractivity contribution < 1.29 is 0 Å². The van der Waals surface area contributed by atoms with E-state index in [1.54, 1.807) is 0 Å². The Morgan fingerprint density at radius 3 is 2.60 bits per heavy atom. The molecule has 1 aromatic heterocycles. The minimum atomic E-state index is 0.275. The second-order valence-electron chi connectivity index (χ2n) is 5.02. The molecule has 3 rings (SSSR count). The van der Waals surface area contributed by atoms with E-state index in [1.807, 2.05) is 10.6 Å². The predicted molar refractivity (Wildman–Crippen MR) is 88.4 cm³/mol. The fourth-order valence-corrected chi connectivity index (χ4v) is 3.06. The van der Waals surface area contributed by atoms with Gasteiger partial charge < -0.3 is 0 Å². The number of hydrogen-bond acceptors (Lipinski definition) is 2. The first-order chi connectivity index (χ1) is 9.56. The lowest BCUT2D eigenvalue weighted by molar-refractivity contribution is 0.597. The summed E-state index contributed by atoms with van der Waals surface area (Å²) >= 11 is 8.80. The molecule has 0 aliphatic rings. The van der Waals surface area contributed by atoms with Crippen LogP contribution in [0.25, 0.3) is 22.2 Å². The molecule has 0 amide bonds. The van der Waals surface area contributed by atoms with Crippen LogP contribution in [0.2, 0.25) is 0 Å². The van der Waals surface area contributed by atoms with Gasteiger partial charge in [0.15, 0.2) is 10.6 Å². The molecule has 20 heavy (non-hydrogen) atoms. The fourth-order valence-electron chi connectivity index (χ4n) is 2.34. The Bertz CT molecular complexity index is 832.